The van der Waals surface area contributed by atoms with Crippen LogP contribution in [0, 0.1) is 5.92 Å². The zero-order valence-corrected chi connectivity index (χ0v) is 9.12. The zero-order valence-electron chi connectivity index (χ0n) is 8.31. The van der Waals surface area contributed by atoms with Gasteiger partial charge in [0.1, 0.15) is 0 Å². The average molecular weight is 187 g/mol. The molecule has 0 spiro atoms. The Labute approximate surface area is 81.0 Å². The molecule has 0 aromatic rings. The van der Waals surface area contributed by atoms with E-state index < -0.39 is 0 Å². The second kappa shape index (κ2) is 9.14. The van der Waals surface area contributed by atoms with E-state index >= 15 is 0 Å². The lowest BCUT2D eigenvalue weighted by Gasteiger charge is -2.08. The van der Waals surface area contributed by atoms with Crippen LogP contribution in [0.15, 0.2) is 12.7 Å². The minimum absolute atomic E-state index is 0.814. The van der Waals surface area contributed by atoms with E-state index in [-0.39, 0.29) is 0 Å². The molecule has 2 heteroatoms. The van der Waals surface area contributed by atoms with E-state index in [9.17, 15) is 0 Å². The molecule has 0 aliphatic carbocycles. The maximum Gasteiger partial charge on any atom is 0.0111 e. The molecular weight excluding hydrogens is 166 g/mol. The highest BCUT2D eigenvalue weighted by Gasteiger charge is 1.95. The fourth-order valence-corrected chi connectivity index (χ4v) is 1.43. The summed E-state index contributed by atoms with van der Waals surface area (Å²) in [5.74, 6) is 3.09. The molecule has 0 aromatic carbocycles. The highest BCUT2D eigenvalue weighted by Crippen LogP contribution is 1.99. The normalized spacial score (nSPS) is 12.8. The standard InChI is InChI=1S/C10H21NS/c1-4-7-12-8-6-11-9-10(3)5-2/h4,10-11H,1,5-9H2,2-3H3. The molecule has 1 unspecified atom stereocenters. The van der Waals surface area contributed by atoms with Crippen molar-refractivity contribution in [3.63, 3.8) is 0 Å². The predicted molar refractivity (Wildman–Crippen MR) is 59.8 cm³/mol. The molecule has 12 heavy (non-hydrogen) atoms. The van der Waals surface area contributed by atoms with Crippen molar-refractivity contribution in [2.24, 2.45) is 5.92 Å². The topological polar surface area (TPSA) is 12.0 Å². The molecule has 0 aromatic heterocycles. The minimum atomic E-state index is 0.814. The van der Waals surface area contributed by atoms with E-state index in [1.165, 1.54) is 12.2 Å². The van der Waals surface area contributed by atoms with Crippen LogP contribution in [0.3, 0.4) is 0 Å². The molecule has 0 aliphatic heterocycles. The highest BCUT2D eigenvalue weighted by molar-refractivity contribution is 7.99. The first-order chi connectivity index (χ1) is 5.81. The van der Waals surface area contributed by atoms with E-state index in [4.69, 9.17) is 0 Å². The van der Waals surface area contributed by atoms with Crippen LogP contribution in [0.25, 0.3) is 0 Å². The third-order valence-electron chi connectivity index (χ3n) is 1.85. The van der Waals surface area contributed by atoms with Gasteiger partial charge in [0.15, 0.2) is 0 Å². The van der Waals surface area contributed by atoms with Crippen molar-refractivity contribution in [2.75, 3.05) is 24.6 Å². The Morgan fingerprint density at radius 2 is 2.33 bits per heavy atom. The van der Waals surface area contributed by atoms with Gasteiger partial charge in [-0.1, -0.05) is 26.3 Å². The van der Waals surface area contributed by atoms with Crippen LogP contribution in [-0.2, 0) is 0 Å². The lowest BCUT2D eigenvalue weighted by Crippen LogP contribution is -2.23. The molecule has 0 heterocycles. The van der Waals surface area contributed by atoms with Crippen molar-refractivity contribution in [3.05, 3.63) is 12.7 Å². The van der Waals surface area contributed by atoms with Crippen LogP contribution in [-0.4, -0.2) is 24.6 Å². The number of nitrogens with one attached hydrogen (secondary N) is 1. The Morgan fingerprint density at radius 1 is 1.58 bits per heavy atom. The first kappa shape index (κ1) is 12.0. The van der Waals surface area contributed by atoms with Crippen molar-refractivity contribution in [1.29, 1.82) is 0 Å². The minimum Gasteiger partial charge on any atom is -0.316 e. The fourth-order valence-electron chi connectivity index (χ4n) is 0.804. The average Bonchev–Trinajstić information content (AvgIpc) is 2.10. The van der Waals surface area contributed by atoms with Crippen molar-refractivity contribution in [1.82, 2.24) is 5.32 Å². The summed E-state index contributed by atoms with van der Waals surface area (Å²) in [5, 5.41) is 3.44. The van der Waals surface area contributed by atoms with E-state index in [1.807, 2.05) is 17.8 Å². The molecule has 0 amide bonds. The quantitative estimate of drug-likeness (QED) is 0.463. The maximum absolute atomic E-state index is 3.68. The summed E-state index contributed by atoms with van der Waals surface area (Å²) in [6.45, 7) is 10.5. The molecular formula is C10H21NS. The summed E-state index contributed by atoms with van der Waals surface area (Å²) < 4.78 is 0. The van der Waals surface area contributed by atoms with Gasteiger partial charge in [0.2, 0.25) is 0 Å². The molecule has 72 valence electrons. The third kappa shape index (κ3) is 8.15. The predicted octanol–water partition coefficient (Wildman–Crippen LogP) is 2.54. The number of thioether (sulfide) groups is 1. The van der Waals surface area contributed by atoms with Gasteiger partial charge < -0.3 is 5.32 Å². The van der Waals surface area contributed by atoms with Gasteiger partial charge >= 0.3 is 0 Å². The number of rotatable bonds is 8. The molecule has 0 radical (unpaired) electrons. The Balaban J connectivity index is 2.95. The highest BCUT2D eigenvalue weighted by atomic mass is 32.2. The van der Waals surface area contributed by atoms with Crippen LogP contribution in [0.4, 0.5) is 0 Å². The largest absolute Gasteiger partial charge is 0.316 e. The molecule has 0 rings (SSSR count). The van der Waals surface area contributed by atoms with Crippen LogP contribution >= 0.6 is 11.8 Å². The summed E-state index contributed by atoms with van der Waals surface area (Å²) >= 11 is 1.93. The SMILES string of the molecule is C=CCSCCNCC(C)CC. The second-order valence-electron chi connectivity index (χ2n) is 3.08. The van der Waals surface area contributed by atoms with Crippen LogP contribution < -0.4 is 5.32 Å². The van der Waals surface area contributed by atoms with Crippen molar-refractivity contribution in [2.45, 2.75) is 20.3 Å². The molecule has 1 N–H and O–H groups in total. The molecule has 0 saturated carbocycles. The Bertz CT molecular complexity index is 104. The Morgan fingerprint density at radius 3 is 2.92 bits per heavy atom. The lowest BCUT2D eigenvalue weighted by molar-refractivity contribution is 0.511. The Hall–Kier alpha value is 0.0500. The van der Waals surface area contributed by atoms with E-state index in [2.05, 4.69) is 25.7 Å². The smallest absolute Gasteiger partial charge is 0.0111 e. The lowest BCUT2D eigenvalue weighted by atomic mass is 10.1. The van der Waals surface area contributed by atoms with Crippen molar-refractivity contribution < 1.29 is 0 Å². The third-order valence-corrected chi connectivity index (χ3v) is 2.81. The molecule has 0 bridgehead atoms. The van der Waals surface area contributed by atoms with Gasteiger partial charge in [-0.25, -0.2) is 0 Å². The summed E-state index contributed by atoms with van der Waals surface area (Å²) in [5.41, 5.74) is 0. The number of hydrogen-bond acceptors (Lipinski definition) is 2. The fraction of sp³-hybridized carbons (Fsp3) is 0.800. The molecule has 0 fully saturated rings. The summed E-state index contributed by atoms with van der Waals surface area (Å²) in [4.78, 5) is 0. The van der Waals surface area contributed by atoms with E-state index in [1.54, 1.807) is 0 Å². The molecule has 1 nitrogen and oxygen atoms in total. The summed E-state index contributed by atoms with van der Waals surface area (Å²) in [7, 11) is 0. The number of hydrogen-bond donors (Lipinski definition) is 1. The monoisotopic (exact) mass is 187 g/mol. The van der Waals surface area contributed by atoms with Crippen LogP contribution in [0.1, 0.15) is 20.3 Å². The molecule has 1 atom stereocenters. The summed E-state index contributed by atoms with van der Waals surface area (Å²) in [6, 6.07) is 0. The van der Waals surface area contributed by atoms with Gasteiger partial charge in [0.25, 0.3) is 0 Å². The van der Waals surface area contributed by atoms with Crippen molar-refractivity contribution in [3.8, 4) is 0 Å². The first-order valence-corrected chi connectivity index (χ1v) is 5.86. The van der Waals surface area contributed by atoms with Crippen LogP contribution in [0.5, 0.6) is 0 Å². The van der Waals surface area contributed by atoms with Crippen molar-refractivity contribution >= 4 is 11.8 Å². The van der Waals surface area contributed by atoms with E-state index in [0.29, 0.717) is 0 Å². The summed E-state index contributed by atoms with van der Waals surface area (Å²) in [6.07, 6.45) is 3.23. The van der Waals surface area contributed by atoms with Crippen LogP contribution in [0.2, 0.25) is 0 Å². The van der Waals surface area contributed by atoms with Gasteiger partial charge in [-0.3, -0.25) is 0 Å². The zero-order chi connectivity index (χ0) is 9.23. The molecule has 0 saturated heterocycles. The first-order valence-electron chi connectivity index (χ1n) is 4.70. The van der Waals surface area contributed by atoms with E-state index in [0.717, 1.165) is 24.8 Å². The van der Waals surface area contributed by atoms with Gasteiger partial charge in [0, 0.05) is 18.1 Å². The maximum atomic E-state index is 3.68. The second-order valence-corrected chi connectivity index (χ2v) is 4.23. The van der Waals surface area contributed by atoms with Gasteiger partial charge in [-0.15, -0.1) is 6.58 Å². The van der Waals surface area contributed by atoms with Gasteiger partial charge in [0.05, 0.1) is 0 Å². The molecule has 0 aliphatic rings. The van der Waals surface area contributed by atoms with Gasteiger partial charge in [-0.2, -0.15) is 11.8 Å². The Kier molecular flexibility index (Phi) is 9.18. The van der Waals surface area contributed by atoms with Gasteiger partial charge in [-0.05, 0) is 12.5 Å².